The molecule has 0 aromatic heterocycles. The Labute approximate surface area is 205 Å². The van der Waals surface area contributed by atoms with Crippen LogP contribution in [0.3, 0.4) is 0 Å². The second-order valence-corrected chi connectivity index (χ2v) is 10.8. The van der Waals surface area contributed by atoms with E-state index in [1.165, 1.54) is 38.2 Å². The van der Waals surface area contributed by atoms with E-state index >= 15 is 0 Å². The molecule has 0 bridgehead atoms. The van der Waals surface area contributed by atoms with Crippen LogP contribution < -0.4 is 5.32 Å². The van der Waals surface area contributed by atoms with Gasteiger partial charge in [0.05, 0.1) is 21.8 Å². The maximum atomic E-state index is 12.7. The van der Waals surface area contributed by atoms with E-state index in [0.29, 0.717) is 6.42 Å². The standard InChI is InChI=1S/C26H34F3NO4S/c1-2-3-4-5-6-7-8-9-10-11-18-35(33,34)22-16-17-24(31)23(19-22)25(32)30-21-14-12-20(13-15-21)26(27,28)29/h12-17,19,31H,2-11,18H2,1H3,(H,30,32). The maximum Gasteiger partial charge on any atom is 0.416 e. The van der Waals surface area contributed by atoms with Gasteiger partial charge in [-0.3, -0.25) is 4.79 Å². The lowest BCUT2D eigenvalue weighted by atomic mass is 10.1. The van der Waals surface area contributed by atoms with Crippen molar-refractivity contribution in [3.63, 3.8) is 0 Å². The molecule has 5 nitrogen and oxygen atoms in total. The van der Waals surface area contributed by atoms with Crippen molar-refractivity contribution in [2.45, 2.75) is 82.2 Å². The number of hydrogen-bond acceptors (Lipinski definition) is 4. The second kappa shape index (κ2) is 13.5. The Morgan fingerprint density at radius 1 is 0.857 bits per heavy atom. The van der Waals surface area contributed by atoms with Crippen molar-refractivity contribution in [1.29, 1.82) is 0 Å². The molecule has 2 aromatic rings. The zero-order chi connectivity index (χ0) is 25.9. The number of sulfone groups is 1. The molecule has 0 saturated carbocycles. The molecule has 0 spiro atoms. The van der Waals surface area contributed by atoms with Crippen molar-refractivity contribution < 1.29 is 31.5 Å². The number of anilines is 1. The SMILES string of the molecule is CCCCCCCCCCCCS(=O)(=O)c1ccc(O)c(C(=O)Nc2ccc(C(F)(F)F)cc2)c1. The largest absolute Gasteiger partial charge is 0.507 e. The molecule has 194 valence electrons. The molecule has 0 atom stereocenters. The fourth-order valence-corrected chi connectivity index (χ4v) is 5.12. The minimum absolute atomic E-state index is 0.0613. The van der Waals surface area contributed by atoms with Crippen LogP contribution in [0.2, 0.25) is 0 Å². The van der Waals surface area contributed by atoms with Crippen LogP contribution in [-0.4, -0.2) is 25.2 Å². The van der Waals surface area contributed by atoms with Gasteiger partial charge < -0.3 is 10.4 Å². The molecule has 0 aliphatic carbocycles. The molecule has 0 saturated heterocycles. The summed E-state index contributed by atoms with van der Waals surface area (Å²) in [6.07, 6.45) is 6.24. The summed E-state index contributed by atoms with van der Waals surface area (Å²) in [6.45, 7) is 2.19. The van der Waals surface area contributed by atoms with Gasteiger partial charge in [0.25, 0.3) is 5.91 Å². The third kappa shape index (κ3) is 9.55. The van der Waals surface area contributed by atoms with Gasteiger partial charge in [-0.15, -0.1) is 0 Å². The van der Waals surface area contributed by atoms with E-state index in [-0.39, 0.29) is 21.9 Å². The molecule has 2 aromatic carbocycles. The molecule has 35 heavy (non-hydrogen) atoms. The van der Waals surface area contributed by atoms with Crippen LogP contribution >= 0.6 is 0 Å². The number of hydrogen-bond donors (Lipinski definition) is 2. The van der Waals surface area contributed by atoms with Gasteiger partial charge in [0.1, 0.15) is 5.75 Å². The molecule has 0 heterocycles. The molecule has 0 aliphatic rings. The molecule has 1 amide bonds. The zero-order valence-electron chi connectivity index (χ0n) is 20.0. The summed E-state index contributed by atoms with van der Waals surface area (Å²) in [5, 5.41) is 12.4. The lowest BCUT2D eigenvalue weighted by molar-refractivity contribution is -0.137. The van der Waals surface area contributed by atoms with Crippen molar-refractivity contribution in [2.24, 2.45) is 0 Å². The van der Waals surface area contributed by atoms with Crippen LogP contribution in [0.4, 0.5) is 18.9 Å². The van der Waals surface area contributed by atoms with Gasteiger partial charge in [-0.1, -0.05) is 64.7 Å². The Kier molecular flexibility index (Phi) is 11.1. The normalized spacial score (nSPS) is 12.0. The quantitative estimate of drug-likeness (QED) is 0.259. The van der Waals surface area contributed by atoms with Crippen molar-refractivity contribution in [1.82, 2.24) is 0 Å². The Bertz CT molecular complexity index is 1050. The fourth-order valence-electron chi connectivity index (χ4n) is 3.73. The van der Waals surface area contributed by atoms with Gasteiger partial charge in [0.15, 0.2) is 9.84 Å². The highest BCUT2D eigenvalue weighted by atomic mass is 32.2. The number of benzene rings is 2. The predicted octanol–water partition coefficient (Wildman–Crippen LogP) is 7.36. The highest BCUT2D eigenvalue weighted by molar-refractivity contribution is 7.91. The maximum absolute atomic E-state index is 12.7. The van der Waals surface area contributed by atoms with Crippen LogP contribution in [0.1, 0.15) is 87.1 Å². The summed E-state index contributed by atoms with van der Waals surface area (Å²) in [7, 11) is -3.65. The number of unbranched alkanes of at least 4 members (excludes halogenated alkanes) is 9. The molecular weight excluding hydrogens is 479 g/mol. The number of carbonyl (C=O) groups is 1. The smallest absolute Gasteiger partial charge is 0.416 e. The molecule has 0 radical (unpaired) electrons. The predicted molar refractivity (Wildman–Crippen MR) is 131 cm³/mol. The van der Waals surface area contributed by atoms with Gasteiger partial charge in [0.2, 0.25) is 0 Å². The lowest BCUT2D eigenvalue weighted by Crippen LogP contribution is -2.14. The first kappa shape index (κ1) is 28.7. The van der Waals surface area contributed by atoms with Crippen LogP contribution in [0.5, 0.6) is 5.75 Å². The van der Waals surface area contributed by atoms with Crippen molar-refractivity contribution in [3.8, 4) is 5.75 Å². The topological polar surface area (TPSA) is 83.5 Å². The van der Waals surface area contributed by atoms with Crippen molar-refractivity contribution >= 4 is 21.4 Å². The van der Waals surface area contributed by atoms with E-state index in [1.54, 1.807) is 0 Å². The number of nitrogens with one attached hydrogen (secondary N) is 1. The summed E-state index contributed by atoms with van der Waals surface area (Å²) < 4.78 is 63.5. The average molecular weight is 514 g/mol. The molecular formula is C26H34F3NO4S. The van der Waals surface area contributed by atoms with E-state index < -0.39 is 33.2 Å². The number of halogens is 3. The van der Waals surface area contributed by atoms with E-state index in [4.69, 9.17) is 0 Å². The van der Waals surface area contributed by atoms with E-state index in [9.17, 15) is 31.5 Å². The zero-order valence-corrected chi connectivity index (χ0v) is 20.9. The molecule has 0 unspecified atom stereocenters. The van der Waals surface area contributed by atoms with E-state index in [0.717, 1.165) is 62.1 Å². The Morgan fingerprint density at radius 2 is 1.40 bits per heavy atom. The summed E-state index contributed by atoms with van der Waals surface area (Å²) in [5.74, 6) is -1.31. The lowest BCUT2D eigenvalue weighted by Gasteiger charge is -2.11. The van der Waals surface area contributed by atoms with Crippen LogP contribution in [0.15, 0.2) is 47.4 Å². The highest BCUT2D eigenvalue weighted by Gasteiger charge is 2.30. The van der Waals surface area contributed by atoms with Crippen LogP contribution in [-0.2, 0) is 16.0 Å². The minimum Gasteiger partial charge on any atom is -0.507 e. The second-order valence-electron chi connectivity index (χ2n) is 8.71. The van der Waals surface area contributed by atoms with Gasteiger partial charge in [-0.2, -0.15) is 13.2 Å². The Hall–Kier alpha value is -2.55. The number of rotatable bonds is 14. The summed E-state index contributed by atoms with van der Waals surface area (Å²) in [6, 6.07) is 7.29. The number of carbonyl (C=O) groups excluding carboxylic acids is 1. The van der Waals surface area contributed by atoms with Crippen molar-refractivity contribution in [2.75, 3.05) is 11.1 Å². The molecule has 0 fully saturated rings. The highest BCUT2D eigenvalue weighted by Crippen LogP contribution is 2.30. The summed E-state index contributed by atoms with van der Waals surface area (Å²) in [5.41, 5.74) is -1.05. The van der Waals surface area contributed by atoms with Gasteiger partial charge in [-0.05, 0) is 48.9 Å². The third-order valence-electron chi connectivity index (χ3n) is 5.81. The molecule has 9 heteroatoms. The third-order valence-corrected chi connectivity index (χ3v) is 7.61. The average Bonchev–Trinajstić information content (AvgIpc) is 2.80. The van der Waals surface area contributed by atoms with Gasteiger partial charge >= 0.3 is 6.18 Å². The van der Waals surface area contributed by atoms with Crippen molar-refractivity contribution in [3.05, 3.63) is 53.6 Å². The Morgan fingerprint density at radius 3 is 1.94 bits per heavy atom. The van der Waals surface area contributed by atoms with Gasteiger partial charge in [0, 0.05) is 5.69 Å². The molecule has 2 N–H and O–H groups in total. The summed E-state index contributed by atoms with van der Waals surface area (Å²) in [4.78, 5) is 12.5. The monoisotopic (exact) mass is 513 g/mol. The number of alkyl halides is 3. The van der Waals surface area contributed by atoms with E-state index in [1.807, 2.05) is 0 Å². The van der Waals surface area contributed by atoms with Crippen LogP contribution in [0.25, 0.3) is 0 Å². The number of amides is 1. The number of aromatic hydroxyl groups is 1. The van der Waals surface area contributed by atoms with Gasteiger partial charge in [-0.25, -0.2) is 8.42 Å². The first-order valence-corrected chi connectivity index (χ1v) is 13.7. The minimum atomic E-state index is -4.50. The molecule has 2 rings (SSSR count). The van der Waals surface area contributed by atoms with Crippen LogP contribution in [0, 0.1) is 0 Å². The van der Waals surface area contributed by atoms with E-state index in [2.05, 4.69) is 12.2 Å². The first-order valence-electron chi connectivity index (χ1n) is 12.1. The summed E-state index contributed by atoms with van der Waals surface area (Å²) >= 11 is 0. The Balaban J connectivity index is 1.89. The fraction of sp³-hybridized carbons (Fsp3) is 0.500. The number of phenols is 1. The molecule has 0 aliphatic heterocycles. The number of phenolic OH excluding ortho intramolecular Hbond substituents is 1. The first-order chi connectivity index (χ1) is 16.5.